The van der Waals surface area contributed by atoms with E-state index < -0.39 is 30.6 Å². The van der Waals surface area contributed by atoms with Gasteiger partial charge in [-0.05, 0) is 6.54 Å². The molecule has 0 radical (unpaired) electrons. The van der Waals surface area contributed by atoms with Crippen molar-refractivity contribution in [2.45, 2.75) is 37.6 Å². The maximum atomic E-state index is 9.58. The van der Waals surface area contributed by atoms with Crippen molar-refractivity contribution >= 4 is 0 Å². The van der Waals surface area contributed by atoms with Crippen LogP contribution in [-0.2, 0) is 4.74 Å². The summed E-state index contributed by atoms with van der Waals surface area (Å²) in [5.41, 5.74) is 0. The van der Waals surface area contributed by atoms with Crippen LogP contribution in [-0.4, -0.2) is 64.2 Å². The molecule has 1 aliphatic rings. The molecule has 1 saturated heterocycles. The van der Waals surface area contributed by atoms with Crippen molar-refractivity contribution in [3.8, 4) is 0 Å². The summed E-state index contributed by atoms with van der Waals surface area (Å²) >= 11 is 0. The Bertz CT molecular complexity index is 177. The van der Waals surface area contributed by atoms with Gasteiger partial charge in [-0.2, -0.15) is 0 Å². The molecule has 5 N–H and O–H groups in total. The highest BCUT2D eigenvalue weighted by atomic mass is 16.6. The molecule has 0 aromatic rings. The monoisotopic (exact) mass is 207 g/mol. The molecule has 6 nitrogen and oxygen atoms in total. The van der Waals surface area contributed by atoms with E-state index in [-0.39, 0.29) is 6.61 Å². The summed E-state index contributed by atoms with van der Waals surface area (Å²) in [6, 6.07) is -0.566. The average molecular weight is 207 g/mol. The van der Waals surface area contributed by atoms with E-state index in [9.17, 15) is 10.2 Å². The Morgan fingerprint density at radius 3 is 2.36 bits per heavy atom. The average Bonchev–Trinajstić information content (AvgIpc) is 2.19. The number of aliphatic hydroxyl groups excluding tert-OH is 4. The Balaban J connectivity index is 2.67. The molecule has 1 fully saturated rings. The second-order valence-corrected chi connectivity index (χ2v) is 3.31. The van der Waals surface area contributed by atoms with Gasteiger partial charge in [-0.1, -0.05) is 6.92 Å². The van der Waals surface area contributed by atoms with E-state index in [1.807, 2.05) is 6.92 Å². The van der Waals surface area contributed by atoms with Crippen LogP contribution >= 0.6 is 0 Å². The summed E-state index contributed by atoms with van der Waals surface area (Å²) in [6.07, 6.45) is -4.64. The Labute approximate surface area is 82.1 Å². The van der Waals surface area contributed by atoms with Crippen LogP contribution in [0.1, 0.15) is 6.92 Å². The van der Waals surface area contributed by atoms with E-state index in [2.05, 4.69) is 5.32 Å². The van der Waals surface area contributed by atoms with Gasteiger partial charge in [-0.15, -0.1) is 0 Å². The highest BCUT2D eigenvalue weighted by molar-refractivity contribution is 4.93. The highest BCUT2D eigenvalue weighted by Gasteiger charge is 2.42. The van der Waals surface area contributed by atoms with Crippen LogP contribution in [0.25, 0.3) is 0 Å². The molecule has 0 bridgehead atoms. The molecule has 1 rings (SSSR count). The third-order valence-corrected chi connectivity index (χ3v) is 2.34. The van der Waals surface area contributed by atoms with E-state index in [1.54, 1.807) is 0 Å². The molecule has 14 heavy (non-hydrogen) atoms. The number of nitrogens with one attached hydrogen (secondary N) is 1. The summed E-state index contributed by atoms with van der Waals surface area (Å²) in [5.74, 6) is 0. The molecule has 0 amide bonds. The number of aliphatic hydroxyl groups is 4. The lowest BCUT2D eigenvalue weighted by Gasteiger charge is -2.40. The highest BCUT2D eigenvalue weighted by Crippen LogP contribution is 2.19. The predicted octanol–water partition coefficient (Wildman–Crippen LogP) is -2.60. The molecule has 1 aliphatic heterocycles. The van der Waals surface area contributed by atoms with Gasteiger partial charge in [0.15, 0.2) is 6.29 Å². The zero-order chi connectivity index (χ0) is 10.7. The normalized spacial score (nSPS) is 43.9. The van der Waals surface area contributed by atoms with Crippen molar-refractivity contribution in [3.63, 3.8) is 0 Å². The molecule has 0 aromatic heterocycles. The zero-order valence-electron chi connectivity index (χ0n) is 8.00. The number of hydrogen-bond acceptors (Lipinski definition) is 6. The number of rotatable bonds is 3. The van der Waals surface area contributed by atoms with Crippen molar-refractivity contribution in [2.24, 2.45) is 0 Å². The summed E-state index contributed by atoms with van der Waals surface area (Å²) in [4.78, 5) is 0. The summed E-state index contributed by atoms with van der Waals surface area (Å²) in [7, 11) is 0. The van der Waals surface area contributed by atoms with Crippen LogP contribution in [0.4, 0.5) is 0 Å². The van der Waals surface area contributed by atoms with Crippen molar-refractivity contribution in [3.05, 3.63) is 0 Å². The molecule has 0 aliphatic carbocycles. The molecule has 5 atom stereocenters. The standard InChI is InChI=1S/C8H17NO5/c1-2-9-5-4(3-10)14-8(13)7(12)6(5)11/h4-13H,2-3H2,1H3/t4-,5-,6+,7-,8?/m1/s1. The minimum Gasteiger partial charge on any atom is -0.394 e. The first kappa shape index (κ1) is 11.8. The largest absolute Gasteiger partial charge is 0.394 e. The lowest BCUT2D eigenvalue weighted by atomic mass is 9.96. The fourth-order valence-electron chi connectivity index (χ4n) is 1.59. The minimum atomic E-state index is -1.45. The lowest BCUT2D eigenvalue weighted by Crippen LogP contribution is -2.63. The summed E-state index contributed by atoms with van der Waals surface area (Å²) in [6.45, 7) is 2.08. The summed E-state index contributed by atoms with van der Waals surface area (Å²) in [5, 5.41) is 39.9. The molecular formula is C8H17NO5. The first-order valence-corrected chi connectivity index (χ1v) is 4.65. The predicted molar refractivity (Wildman–Crippen MR) is 47.4 cm³/mol. The second kappa shape index (κ2) is 5.01. The maximum absolute atomic E-state index is 9.58. The maximum Gasteiger partial charge on any atom is 0.183 e. The van der Waals surface area contributed by atoms with Gasteiger partial charge < -0.3 is 30.5 Å². The second-order valence-electron chi connectivity index (χ2n) is 3.31. The van der Waals surface area contributed by atoms with Crippen LogP contribution in [0.3, 0.4) is 0 Å². The van der Waals surface area contributed by atoms with Crippen LogP contribution in [0.15, 0.2) is 0 Å². The molecule has 0 aromatic carbocycles. The Kier molecular flexibility index (Phi) is 4.24. The van der Waals surface area contributed by atoms with Crippen molar-refractivity contribution < 1.29 is 25.2 Å². The fraction of sp³-hybridized carbons (Fsp3) is 1.00. The minimum absolute atomic E-state index is 0.321. The first-order valence-electron chi connectivity index (χ1n) is 4.65. The van der Waals surface area contributed by atoms with Gasteiger partial charge in [0.1, 0.15) is 18.3 Å². The molecule has 1 heterocycles. The van der Waals surface area contributed by atoms with Gasteiger partial charge in [0.2, 0.25) is 0 Å². The number of hydrogen-bond donors (Lipinski definition) is 5. The first-order chi connectivity index (χ1) is 6.61. The zero-order valence-corrected chi connectivity index (χ0v) is 8.00. The molecule has 1 unspecified atom stereocenters. The van der Waals surface area contributed by atoms with E-state index in [4.69, 9.17) is 14.9 Å². The third-order valence-electron chi connectivity index (χ3n) is 2.34. The van der Waals surface area contributed by atoms with Gasteiger partial charge in [-0.25, -0.2) is 0 Å². The van der Waals surface area contributed by atoms with Crippen molar-refractivity contribution in [1.82, 2.24) is 5.32 Å². The Morgan fingerprint density at radius 2 is 1.86 bits per heavy atom. The SMILES string of the molecule is CCN[C@H]1[C@H](O)[C@@H](O)C(O)O[C@@H]1CO. The van der Waals surface area contributed by atoms with Gasteiger partial charge in [0.05, 0.1) is 12.6 Å². The van der Waals surface area contributed by atoms with Crippen molar-refractivity contribution in [1.29, 1.82) is 0 Å². The van der Waals surface area contributed by atoms with E-state index in [0.717, 1.165) is 0 Å². The molecule has 0 spiro atoms. The quantitative estimate of drug-likeness (QED) is 0.348. The van der Waals surface area contributed by atoms with E-state index >= 15 is 0 Å². The molecule has 84 valence electrons. The molecule has 6 heteroatoms. The van der Waals surface area contributed by atoms with Gasteiger partial charge in [0.25, 0.3) is 0 Å². The van der Waals surface area contributed by atoms with E-state index in [1.165, 1.54) is 0 Å². The van der Waals surface area contributed by atoms with E-state index in [0.29, 0.717) is 6.54 Å². The molecular weight excluding hydrogens is 190 g/mol. The van der Waals surface area contributed by atoms with Crippen LogP contribution in [0.2, 0.25) is 0 Å². The third kappa shape index (κ3) is 2.22. The fourth-order valence-corrected chi connectivity index (χ4v) is 1.59. The Morgan fingerprint density at radius 1 is 1.21 bits per heavy atom. The summed E-state index contributed by atoms with van der Waals surface area (Å²) < 4.78 is 4.92. The van der Waals surface area contributed by atoms with Crippen LogP contribution in [0, 0.1) is 0 Å². The molecule has 0 saturated carbocycles. The van der Waals surface area contributed by atoms with Crippen LogP contribution in [0.5, 0.6) is 0 Å². The number of ether oxygens (including phenoxy) is 1. The van der Waals surface area contributed by atoms with Gasteiger partial charge in [-0.3, -0.25) is 0 Å². The van der Waals surface area contributed by atoms with Crippen molar-refractivity contribution in [2.75, 3.05) is 13.2 Å². The Hall–Kier alpha value is -0.240. The van der Waals surface area contributed by atoms with Crippen LogP contribution < -0.4 is 5.32 Å². The van der Waals surface area contributed by atoms with Gasteiger partial charge >= 0.3 is 0 Å². The smallest absolute Gasteiger partial charge is 0.183 e. The van der Waals surface area contributed by atoms with Gasteiger partial charge in [0, 0.05) is 0 Å². The lowest BCUT2D eigenvalue weighted by molar-refractivity contribution is -0.262. The number of likely N-dealkylation sites (N-methyl/N-ethyl adjacent to an activating group) is 1. The topological polar surface area (TPSA) is 102 Å².